The normalized spacial score (nSPS) is 19.6. The van der Waals surface area contributed by atoms with Crippen molar-refractivity contribution in [1.82, 2.24) is 5.32 Å². The van der Waals surface area contributed by atoms with Crippen LogP contribution in [0.25, 0.3) is 0 Å². The maximum atomic E-state index is 3.40. The zero-order chi connectivity index (χ0) is 9.03. The predicted octanol–water partition coefficient (Wildman–Crippen LogP) is 2.94. The highest BCUT2D eigenvalue weighted by molar-refractivity contribution is 8.00. The zero-order valence-electron chi connectivity index (χ0n) is 8.93. The van der Waals surface area contributed by atoms with Crippen molar-refractivity contribution in [3.05, 3.63) is 0 Å². The third kappa shape index (κ3) is 6.64. The van der Waals surface area contributed by atoms with Crippen LogP contribution in [0.2, 0.25) is 0 Å². The van der Waals surface area contributed by atoms with Crippen molar-refractivity contribution >= 4 is 24.2 Å². The minimum absolute atomic E-state index is 0. The van der Waals surface area contributed by atoms with Crippen molar-refractivity contribution < 1.29 is 0 Å². The minimum Gasteiger partial charge on any atom is -0.317 e. The lowest BCUT2D eigenvalue weighted by molar-refractivity contribution is 0.407. The summed E-state index contributed by atoms with van der Waals surface area (Å²) in [6.07, 6.45) is 2.76. The Balaban J connectivity index is 0.00000144. The highest BCUT2D eigenvalue weighted by atomic mass is 35.5. The monoisotopic (exact) mass is 223 g/mol. The predicted molar refractivity (Wildman–Crippen MR) is 65.1 cm³/mol. The quantitative estimate of drug-likeness (QED) is 0.773. The van der Waals surface area contributed by atoms with E-state index in [2.05, 4.69) is 37.8 Å². The number of nitrogens with one attached hydrogen (secondary N) is 1. The van der Waals surface area contributed by atoms with Gasteiger partial charge in [0.1, 0.15) is 0 Å². The Labute approximate surface area is 92.8 Å². The van der Waals surface area contributed by atoms with Crippen LogP contribution in [0.15, 0.2) is 0 Å². The van der Waals surface area contributed by atoms with Crippen LogP contribution in [-0.4, -0.2) is 23.6 Å². The van der Waals surface area contributed by atoms with Crippen molar-refractivity contribution in [3.8, 4) is 0 Å². The summed E-state index contributed by atoms with van der Waals surface area (Å²) in [5, 5.41) is 3.40. The maximum absolute atomic E-state index is 3.40. The van der Waals surface area contributed by atoms with Gasteiger partial charge in [0.25, 0.3) is 0 Å². The molecule has 0 aliphatic carbocycles. The third-order valence-electron chi connectivity index (χ3n) is 2.21. The fraction of sp³-hybridized carbons (Fsp3) is 1.00. The lowest BCUT2D eigenvalue weighted by Crippen LogP contribution is -2.29. The Morgan fingerprint density at radius 3 is 2.23 bits per heavy atom. The Hall–Kier alpha value is 0.600. The molecular formula is C10H22ClNS. The van der Waals surface area contributed by atoms with Gasteiger partial charge in [0.05, 0.1) is 0 Å². The van der Waals surface area contributed by atoms with E-state index in [9.17, 15) is 0 Å². The molecule has 1 nitrogen and oxygen atoms in total. The first kappa shape index (κ1) is 13.6. The van der Waals surface area contributed by atoms with Crippen LogP contribution in [0, 0.1) is 5.92 Å². The Bertz CT molecular complexity index is 127. The highest BCUT2D eigenvalue weighted by Crippen LogP contribution is 2.28. The average molecular weight is 224 g/mol. The van der Waals surface area contributed by atoms with E-state index in [0.29, 0.717) is 4.75 Å². The van der Waals surface area contributed by atoms with Crippen molar-refractivity contribution in [2.45, 2.75) is 38.4 Å². The van der Waals surface area contributed by atoms with Crippen molar-refractivity contribution in [3.63, 3.8) is 0 Å². The van der Waals surface area contributed by atoms with Crippen molar-refractivity contribution in [1.29, 1.82) is 0 Å². The maximum Gasteiger partial charge on any atom is 0.00751 e. The SMILES string of the molecule is CC(C)(C)SCC1CCNCC1.Cl. The van der Waals surface area contributed by atoms with Crippen LogP contribution in [0.4, 0.5) is 0 Å². The second kappa shape index (κ2) is 6.15. The summed E-state index contributed by atoms with van der Waals surface area (Å²) in [7, 11) is 0. The largest absolute Gasteiger partial charge is 0.317 e. The van der Waals surface area contributed by atoms with E-state index in [1.54, 1.807) is 0 Å². The van der Waals surface area contributed by atoms with Gasteiger partial charge in [-0.2, -0.15) is 11.8 Å². The molecule has 0 radical (unpaired) electrons. The zero-order valence-corrected chi connectivity index (χ0v) is 10.6. The van der Waals surface area contributed by atoms with Gasteiger partial charge >= 0.3 is 0 Å². The molecule has 1 heterocycles. The first-order valence-electron chi connectivity index (χ1n) is 4.92. The van der Waals surface area contributed by atoms with Gasteiger partial charge in [-0.3, -0.25) is 0 Å². The van der Waals surface area contributed by atoms with Crippen LogP contribution in [0.5, 0.6) is 0 Å². The fourth-order valence-electron chi connectivity index (χ4n) is 1.42. The number of thioether (sulfide) groups is 1. The van der Waals surface area contributed by atoms with Gasteiger partial charge in [-0.25, -0.2) is 0 Å². The summed E-state index contributed by atoms with van der Waals surface area (Å²) >= 11 is 2.11. The molecule has 80 valence electrons. The van der Waals surface area contributed by atoms with Gasteiger partial charge in [0.15, 0.2) is 0 Å². The lowest BCUT2D eigenvalue weighted by atomic mass is 10.0. The molecule has 13 heavy (non-hydrogen) atoms. The van der Waals surface area contributed by atoms with E-state index in [4.69, 9.17) is 0 Å². The number of hydrogen-bond acceptors (Lipinski definition) is 2. The van der Waals surface area contributed by atoms with E-state index in [1.165, 1.54) is 31.7 Å². The molecule has 0 unspecified atom stereocenters. The molecule has 1 fully saturated rings. The molecule has 0 atom stereocenters. The minimum atomic E-state index is 0. The van der Waals surface area contributed by atoms with Crippen molar-refractivity contribution in [2.24, 2.45) is 5.92 Å². The lowest BCUT2D eigenvalue weighted by Gasteiger charge is -2.26. The molecule has 3 heteroatoms. The van der Waals surface area contributed by atoms with E-state index >= 15 is 0 Å². The summed E-state index contributed by atoms with van der Waals surface area (Å²) < 4.78 is 0.449. The molecule has 0 amide bonds. The molecule has 0 bridgehead atoms. The van der Waals surface area contributed by atoms with Crippen LogP contribution >= 0.6 is 24.2 Å². The van der Waals surface area contributed by atoms with E-state index in [1.807, 2.05) is 0 Å². The second-order valence-electron chi connectivity index (χ2n) is 4.62. The molecule has 1 N–H and O–H groups in total. The molecule has 1 rings (SSSR count). The summed E-state index contributed by atoms with van der Waals surface area (Å²) in [4.78, 5) is 0. The first-order valence-corrected chi connectivity index (χ1v) is 5.91. The van der Waals surface area contributed by atoms with E-state index in [-0.39, 0.29) is 12.4 Å². The summed E-state index contributed by atoms with van der Waals surface area (Å²) in [5.41, 5.74) is 0. The average Bonchev–Trinajstić information content (AvgIpc) is 2.02. The highest BCUT2D eigenvalue weighted by Gasteiger charge is 2.17. The first-order chi connectivity index (χ1) is 5.58. The Kier molecular flexibility index (Phi) is 6.44. The third-order valence-corrected chi connectivity index (χ3v) is 3.71. The molecule has 0 saturated carbocycles. The second-order valence-corrected chi connectivity index (χ2v) is 6.46. The number of hydrogen-bond donors (Lipinski definition) is 1. The van der Waals surface area contributed by atoms with Crippen LogP contribution < -0.4 is 5.32 Å². The topological polar surface area (TPSA) is 12.0 Å². The molecule has 0 aromatic rings. The number of piperidine rings is 1. The number of halogens is 1. The molecule has 0 aromatic heterocycles. The summed E-state index contributed by atoms with van der Waals surface area (Å²) in [6.45, 7) is 9.38. The summed E-state index contributed by atoms with van der Waals surface area (Å²) in [6, 6.07) is 0. The Morgan fingerprint density at radius 2 is 1.77 bits per heavy atom. The molecule has 1 saturated heterocycles. The molecular weight excluding hydrogens is 202 g/mol. The van der Waals surface area contributed by atoms with E-state index < -0.39 is 0 Å². The molecule has 1 aliphatic rings. The van der Waals surface area contributed by atoms with Gasteiger partial charge in [-0.05, 0) is 37.6 Å². The van der Waals surface area contributed by atoms with Gasteiger partial charge < -0.3 is 5.32 Å². The van der Waals surface area contributed by atoms with Crippen LogP contribution in [0.3, 0.4) is 0 Å². The van der Waals surface area contributed by atoms with Gasteiger partial charge in [0, 0.05) is 4.75 Å². The molecule has 1 aliphatic heterocycles. The smallest absolute Gasteiger partial charge is 0.00751 e. The Morgan fingerprint density at radius 1 is 1.23 bits per heavy atom. The van der Waals surface area contributed by atoms with E-state index in [0.717, 1.165) is 5.92 Å². The standard InChI is InChI=1S/C10H21NS.ClH/c1-10(2,3)12-8-9-4-6-11-7-5-9;/h9,11H,4-8H2,1-3H3;1H. The molecule has 0 aromatic carbocycles. The number of rotatable bonds is 2. The van der Waals surface area contributed by atoms with Crippen molar-refractivity contribution in [2.75, 3.05) is 18.8 Å². The molecule has 0 spiro atoms. The fourth-order valence-corrected chi connectivity index (χ4v) is 2.49. The van der Waals surface area contributed by atoms with Gasteiger partial charge in [0.2, 0.25) is 0 Å². The van der Waals surface area contributed by atoms with Crippen LogP contribution in [0.1, 0.15) is 33.6 Å². The van der Waals surface area contributed by atoms with Gasteiger partial charge in [-0.1, -0.05) is 20.8 Å². The summed E-state index contributed by atoms with van der Waals surface area (Å²) in [5.74, 6) is 2.32. The van der Waals surface area contributed by atoms with Gasteiger partial charge in [-0.15, -0.1) is 12.4 Å². The van der Waals surface area contributed by atoms with Crippen LogP contribution in [-0.2, 0) is 0 Å².